The Hall–Kier alpha value is -3.52. The Balaban J connectivity index is 0.000000220. The fraction of sp³-hybridized carbons (Fsp3) is 0.478. The Bertz CT molecular complexity index is 1470. The molecule has 2 nitrogen and oxygen atoms in total. The van der Waals surface area contributed by atoms with Crippen LogP contribution in [0.25, 0.3) is 17.0 Å². The van der Waals surface area contributed by atoms with Crippen LogP contribution < -0.4 is 0 Å². The quantitative estimate of drug-likeness (QED) is 0.149. The molecule has 0 saturated heterocycles. The molecule has 1 N–H and O–H groups in total. The molecule has 0 amide bonds. The summed E-state index contributed by atoms with van der Waals surface area (Å²) < 4.78 is 2.39. The Labute approximate surface area is 295 Å². The first-order valence-corrected chi connectivity index (χ1v) is 18.7. The van der Waals surface area contributed by atoms with Gasteiger partial charge in [-0.2, -0.15) is 0 Å². The van der Waals surface area contributed by atoms with E-state index in [1.54, 1.807) is 0 Å². The minimum absolute atomic E-state index is 0.0434. The number of aromatic nitrogens is 1. The van der Waals surface area contributed by atoms with Crippen LogP contribution in [0, 0.1) is 39.0 Å². The zero-order valence-corrected chi connectivity index (χ0v) is 31.8. The van der Waals surface area contributed by atoms with Crippen LogP contribution in [0.5, 0.6) is 0 Å². The minimum Gasteiger partial charge on any atom is -0.512 e. The van der Waals surface area contributed by atoms with E-state index in [9.17, 15) is 5.11 Å². The third kappa shape index (κ3) is 13.9. The molecule has 1 aromatic heterocycles. The number of hydrogen-bond donors (Lipinski definition) is 1. The van der Waals surface area contributed by atoms with Crippen LogP contribution in [0.15, 0.2) is 97.4 Å². The standard InChI is InChI=1S/C15H21N.C10H12.C9H16O.C8H10.C4H8/c1-3-4-5-6-11-16-12-10-14-13(2)8-7-9-15(14)16;1-3-6-10-8-5-4-7-9(10)2;1-7(10)9(2,3)8-5-4-6-8;1-7-5-3-4-6-8(7)2;1-2-4-3-1/h7-10,12H,3-6,11H2,1-2H3;3-8H,1-2H3;8,10H,1,4-6H2,2-3H3;3-6H,1-2H3;1-4H2/b;6-3+;;;. The van der Waals surface area contributed by atoms with E-state index in [2.05, 4.69) is 151 Å². The first-order valence-electron chi connectivity index (χ1n) is 18.7. The van der Waals surface area contributed by atoms with Crippen LogP contribution in [0.4, 0.5) is 0 Å². The van der Waals surface area contributed by atoms with Crippen LogP contribution in [-0.2, 0) is 6.54 Å². The molecule has 2 aliphatic rings. The van der Waals surface area contributed by atoms with Gasteiger partial charge in [0.25, 0.3) is 0 Å². The van der Waals surface area contributed by atoms with E-state index >= 15 is 0 Å². The predicted octanol–water partition coefficient (Wildman–Crippen LogP) is 14.3. The van der Waals surface area contributed by atoms with E-state index in [1.807, 2.05) is 6.92 Å². The van der Waals surface area contributed by atoms with E-state index < -0.39 is 0 Å². The summed E-state index contributed by atoms with van der Waals surface area (Å²) in [5.74, 6) is 1.02. The zero-order valence-electron chi connectivity index (χ0n) is 31.8. The average Bonchev–Trinajstić information content (AvgIpc) is 3.41. The van der Waals surface area contributed by atoms with Crippen LogP contribution in [0.3, 0.4) is 0 Å². The van der Waals surface area contributed by atoms with Crippen molar-refractivity contribution in [3.05, 3.63) is 125 Å². The van der Waals surface area contributed by atoms with Crippen molar-refractivity contribution in [1.29, 1.82) is 0 Å². The van der Waals surface area contributed by atoms with Crippen LogP contribution in [-0.4, -0.2) is 9.67 Å². The summed E-state index contributed by atoms with van der Waals surface area (Å²) in [6.45, 7) is 21.7. The topological polar surface area (TPSA) is 25.2 Å². The molecule has 3 aromatic carbocycles. The van der Waals surface area contributed by atoms with Gasteiger partial charge in [-0.1, -0.05) is 152 Å². The predicted molar refractivity (Wildman–Crippen MR) is 214 cm³/mol. The van der Waals surface area contributed by atoms with Crippen molar-refractivity contribution in [2.75, 3.05) is 0 Å². The summed E-state index contributed by atoms with van der Waals surface area (Å²) in [6, 6.07) is 25.5. The Kier molecular flexibility index (Phi) is 18.8. The molecule has 0 bridgehead atoms. The molecule has 262 valence electrons. The molecule has 2 heteroatoms. The molecule has 0 aliphatic heterocycles. The number of aliphatic hydroxyl groups is 1. The third-order valence-electron chi connectivity index (χ3n) is 10.1. The minimum atomic E-state index is -0.0434. The number of benzene rings is 3. The number of aliphatic hydroxyl groups excluding tert-OH is 1. The highest BCUT2D eigenvalue weighted by Gasteiger charge is 2.36. The third-order valence-corrected chi connectivity index (χ3v) is 10.1. The first kappa shape index (κ1) is 40.7. The molecule has 1 heterocycles. The number of unbranched alkanes of at least 4 members (excludes halogenated alkanes) is 3. The van der Waals surface area contributed by atoms with Crippen molar-refractivity contribution in [2.45, 2.75) is 133 Å². The van der Waals surface area contributed by atoms with Crippen molar-refractivity contribution in [2.24, 2.45) is 11.3 Å². The second-order valence-electron chi connectivity index (χ2n) is 14.2. The molecule has 4 aromatic rings. The lowest BCUT2D eigenvalue weighted by Crippen LogP contribution is -2.31. The monoisotopic (exact) mass is 650 g/mol. The van der Waals surface area contributed by atoms with E-state index in [1.165, 1.54) is 109 Å². The molecule has 6 rings (SSSR count). The fourth-order valence-corrected chi connectivity index (χ4v) is 5.51. The van der Waals surface area contributed by atoms with Gasteiger partial charge in [-0.3, -0.25) is 0 Å². The summed E-state index contributed by atoms with van der Waals surface area (Å²) in [4.78, 5) is 0. The van der Waals surface area contributed by atoms with Gasteiger partial charge in [0.2, 0.25) is 0 Å². The van der Waals surface area contributed by atoms with Gasteiger partial charge in [0, 0.05) is 29.1 Å². The van der Waals surface area contributed by atoms with E-state index in [4.69, 9.17) is 0 Å². The van der Waals surface area contributed by atoms with Gasteiger partial charge in [0.1, 0.15) is 0 Å². The molecule has 2 saturated carbocycles. The molecular formula is C46H67NO. The van der Waals surface area contributed by atoms with Crippen LogP contribution >= 0.6 is 0 Å². The first-order chi connectivity index (χ1) is 23.0. The number of hydrogen-bond acceptors (Lipinski definition) is 1. The molecule has 2 aliphatic carbocycles. The summed E-state index contributed by atoms with van der Waals surface area (Å²) in [6.07, 6.45) is 21.6. The molecule has 48 heavy (non-hydrogen) atoms. The highest BCUT2D eigenvalue weighted by atomic mass is 16.3. The fourth-order valence-electron chi connectivity index (χ4n) is 5.51. The van der Waals surface area contributed by atoms with Crippen molar-refractivity contribution < 1.29 is 5.11 Å². The van der Waals surface area contributed by atoms with E-state index in [0.717, 1.165) is 6.54 Å². The van der Waals surface area contributed by atoms with Gasteiger partial charge in [-0.15, -0.1) is 0 Å². The smallest absolute Gasteiger partial charge is 0.0909 e. The van der Waals surface area contributed by atoms with Gasteiger partial charge >= 0.3 is 0 Å². The Morgan fingerprint density at radius 2 is 1.31 bits per heavy atom. The lowest BCUT2D eigenvalue weighted by molar-refractivity contribution is 0.108. The number of aryl methyl sites for hydroxylation is 5. The van der Waals surface area contributed by atoms with Crippen LogP contribution in [0.2, 0.25) is 0 Å². The van der Waals surface area contributed by atoms with Gasteiger partial charge in [0.05, 0.1) is 5.76 Å². The van der Waals surface area contributed by atoms with Crippen molar-refractivity contribution in [1.82, 2.24) is 4.57 Å². The summed E-state index contributed by atoms with van der Waals surface area (Å²) in [5, 5.41) is 10.6. The second-order valence-corrected chi connectivity index (χ2v) is 14.2. The Morgan fingerprint density at radius 3 is 1.75 bits per heavy atom. The second kappa shape index (κ2) is 22.2. The van der Waals surface area contributed by atoms with Crippen LogP contribution in [0.1, 0.15) is 126 Å². The molecular weight excluding hydrogens is 583 g/mol. The van der Waals surface area contributed by atoms with Gasteiger partial charge in [-0.25, -0.2) is 0 Å². The number of nitrogens with zero attached hydrogens (tertiary/aromatic N) is 1. The molecule has 0 atom stereocenters. The van der Waals surface area contributed by atoms with E-state index in [-0.39, 0.29) is 5.41 Å². The highest BCUT2D eigenvalue weighted by Crippen LogP contribution is 2.44. The number of fused-ring (bicyclic) bond motifs is 1. The average molecular weight is 650 g/mol. The maximum Gasteiger partial charge on any atom is 0.0909 e. The summed E-state index contributed by atoms with van der Waals surface area (Å²) >= 11 is 0. The summed E-state index contributed by atoms with van der Waals surface area (Å²) in [7, 11) is 0. The number of allylic oxidation sites excluding steroid dienone is 2. The van der Waals surface area contributed by atoms with Gasteiger partial charge in [0.15, 0.2) is 0 Å². The van der Waals surface area contributed by atoms with Crippen molar-refractivity contribution in [3.63, 3.8) is 0 Å². The molecule has 0 spiro atoms. The Morgan fingerprint density at radius 1 is 0.750 bits per heavy atom. The van der Waals surface area contributed by atoms with Gasteiger partial charge < -0.3 is 9.67 Å². The highest BCUT2D eigenvalue weighted by molar-refractivity contribution is 5.83. The van der Waals surface area contributed by atoms with Crippen molar-refractivity contribution in [3.8, 4) is 0 Å². The summed E-state index contributed by atoms with van der Waals surface area (Å²) in [5.41, 5.74) is 8.10. The largest absolute Gasteiger partial charge is 0.512 e. The molecule has 0 radical (unpaired) electrons. The zero-order chi connectivity index (χ0) is 35.4. The maximum atomic E-state index is 9.22. The lowest BCUT2D eigenvalue weighted by atomic mass is 9.66. The SMILES string of the molecule is C/C=C/c1ccccc1C.C1CCC1.C=C(O)C(C)(C)C1CCC1.CCCCCCn1ccc2c(C)cccc21.Cc1ccccc1C. The van der Waals surface area contributed by atoms with Crippen molar-refractivity contribution >= 4 is 17.0 Å². The normalized spacial score (nSPS) is 13.7. The maximum absolute atomic E-state index is 9.22. The van der Waals surface area contributed by atoms with Gasteiger partial charge in [-0.05, 0) is 99.7 Å². The molecule has 2 fully saturated rings. The lowest BCUT2D eigenvalue weighted by Gasteiger charge is -2.39. The molecule has 0 unspecified atom stereocenters. The number of rotatable bonds is 8. The van der Waals surface area contributed by atoms with E-state index in [0.29, 0.717) is 11.7 Å².